The fourth-order valence-corrected chi connectivity index (χ4v) is 2.52. The van der Waals surface area contributed by atoms with Gasteiger partial charge in [-0.3, -0.25) is 9.52 Å². The Morgan fingerprint density at radius 3 is 2.55 bits per heavy atom. The summed E-state index contributed by atoms with van der Waals surface area (Å²) in [5.41, 5.74) is 0.805. The molecule has 1 aromatic rings. The molecule has 2 amide bonds. The first-order chi connectivity index (χ1) is 10.3. The van der Waals surface area contributed by atoms with Crippen molar-refractivity contribution in [3.8, 4) is 0 Å². The number of hydrogen-bond donors (Lipinski definition) is 3. The van der Waals surface area contributed by atoms with Crippen LogP contribution in [0, 0.1) is 0 Å². The molecule has 9 heteroatoms. The van der Waals surface area contributed by atoms with Crippen LogP contribution in [0.25, 0.3) is 0 Å². The third-order valence-electron chi connectivity index (χ3n) is 2.37. The molecule has 8 nitrogen and oxygen atoms in total. The van der Waals surface area contributed by atoms with E-state index in [4.69, 9.17) is 0 Å². The second kappa shape index (κ2) is 8.23. The van der Waals surface area contributed by atoms with Crippen molar-refractivity contribution in [2.45, 2.75) is 13.8 Å². The van der Waals surface area contributed by atoms with Crippen molar-refractivity contribution in [1.82, 2.24) is 5.32 Å². The Hall–Kier alpha value is -2.29. The Kier molecular flexibility index (Phi) is 6.64. The summed E-state index contributed by atoms with van der Waals surface area (Å²) in [7, 11) is -3.62. The Bertz CT molecular complexity index is 630. The molecule has 122 valence electrons. The zero-order chi connectivity index (χ0) is 16.6. The van der Waals surface area contributed by atoms with Crippen molar-refractivity contribution >= 4 is 33.4 Å². The van der Waals surface area contributed by atoms with E-state index >= 15 is 0 Å². The van der Waals surface area contributed by atoms with Crippen molar-refractivity contribution < 1.29 is 22.7 Å². The predicted molar refractivity (Wildman–Crippen MR) is 83.2 cm³/mol. The molecule has 0 aliphatic rings. The zero-order valence-corrected chi connectivity index (χ0v) is 13.2. The smallest absolute Gasteiger partial charge is 0.407 e. The van der Waals surface area contributed by atoms with Crippen LogP contribution in [0.2, 0.25) is 0 Å². The summed E-state index contributed by atoms with van der Waals surface area (Å²) in [6.45, 7) is 3.16. The van der Waals surface area contributed by atoms with E-state index < -0.39 is 16.1 Å². The molecule has 1 rings (SSSR count). The topological polar surface area (TPSA) is 114 Å². The van der Waals surface area contributed by atoms with Crippen molar-refractivity contribution in [1.29, 1.82) is 0 Å². The van der Waals surface area contributed by atoms with E-state index in [1.165, 1.54) is 13.0 Å². The second-order valence-corrected chi connectivity index (χ2v) is 6.17. The van der Waals surface area contributed by atoms with Gasteiger partial charge < -0.3 is 15.4 Å². The van der Waals surface area contributed by atoms with Gasteiger partial charge in [-0.1, -0.05) is 6.07 Å². The molecule has 0 unspecified atom stereocenters. The first-order valence-corrected chi connectivity index (χ1v) is 8.26. The molecule has 0 atom stereocenters. The van der Waals surface area contributed by atoms with Gasteiger partial charge in [-0.2, -0.15) is 0 Å². The molecule has 0 aromatic heterocycles. The standard InChI is InChI=1S/C13H19N3O5S/c1-3-21-13(18)14-7-8-22(19,20)16-12-6-4-5-11(9-12)15-10(2)17/h4-6,9,16H,3,7-8H2,1-2H3,(H,14,18)(H,15,17). The van der Waals surface area contributed by atoms with Crippen LogP contribution in [-0.2, 0) is 19.6 Å². The van der Waals surface area contributed by atoms with E-state index in [2.05, 4.69) is 20.1 Å². The first kappa shape index (κ1) is 17.8. The molecular weight excluding hydrogens is 310 g/mol. The van der Waals surface area contributed by atoms with Crippen molar-refractivity contribution in [2.24, 2.45) is 0 Å². The number of anilines is 2. The molecule has 3 N–H and O–H groups in total. The van der Waals surface area contributed by atoms with Crippen molar-refractivity contribution in [2.75, 3.05) is 28.9 Å². The molecule has 22 heavy (non-hydrogen) atoms. The van der Waals surface area contributed by atoms with E-state index in [9.17, 15) is 18.0 Å². The van der Waals surface area contributed by atoms with Crippen molar-refractivity contribution in [3.63, 3.8) is 0 Å². The van der Waals surface area contributed by atoms with Gasteiger partial charge in [0.25, 0.3) is 0 Å². The number of carbonyl (C=O) groups excluding carboxylic acids is 2. The number of ether oxygens (including phenoxy) is 1. The van der Waals surface area contributed by atoms with Gasteiger partial charge in [0, 0.05) is 19.2 Å². The maximum Gasteiger partial charge on any atom is 0.407 e. The van der Waals surface area contributed by atoms with Crippen LogP contribution in [0.4, 0.5) is 16.2 Å². The predicted octanol–water partition coefficient (Wildman–Crippen LogP) is 1.13. The molecule has 0 heterocycles. The summed E-state index contributed by atoms with van der Waals surface area (Å²) >= 11 is 0. The van der Waals surface area contributed by atoms with E-state index in [1.54, 1.807) is 25.1 Å². The molecule has 0 aliphatic heterocycles. The molecule has 0 bridgehead atoms. The Morgan fingerprint density at radius 1 is 1.23 bits per heavy atom. The molecular formula is C13H19N3O5S. The zero-order valence-electron chi connectivity index (χ0n) is 12.4. The van der Waals surface area contributed by atoms with Gasteiger partial charge in [0.1, 0.15) is 0 Å². The van der Waals surface area contributed by atoms with Crippen LogP contribution in [-0.4, -0.2) is 39.3 Å². The molecule has 0 radical (unpaired) electrons. The van der Waals surface area contributed by atoms with E-state index in [1.807, 2.05) is 0 Å². The highest BCUT2D eigenvalue weighted by Crippen LogP contribution is 2.16. The SMILES string of the molecule is CCOC(=O)NCCS(=O)(=O)Nc1cccc(NC(C)=O)c1. The fourth-order valence-electron chi connectivity index (χ4n) is 1.56. The van der Waals surface area contributed by atoms with Crippen LogP contribution in [0.3, 0.4) is 0 Å². The highest BCUT2D eigenvalue weighted by Gasteiger charge is 2.12. The van der Waals surface area contributed by atoms with Crippen LogP contribution in [0.1, 0.15) is 13.8 Å². The van der Waals surface area contributed by atoms with Crippen LogP contribution >= 0.6 is 0 Å². The lowest BCUT2D eigenvalue weighted by Gasteiger charge is -2.10. The minimum absolute atomic E-state index is 0.0699. The van der Waals surface area contributed by atoms with E-state index in [-0.39, 0.29) is 24.8 Å². The van der Waals surface area contributed by atoms with Gasteiger partial charge >= 0.3 is 6.09 Å². The summed E-state index contributed by atoms with van der Waals surface area (Å²) in [5.74, 6) is -0.547. The average Bonchev–Trinajstić information content (AvgIpc) is 2.37. The second-order valence-electron chi connectivity index (χ2n) is 4.33. The number of nitrogens with one attached hydrogen (secondary N) is 3. The third-order valence-corrected chi connectivity index (χ3v) is 3.66. The van der Waals surface area contributed by atoms with Crippen LogP contribution < -0.4 is 15.4 Å². The number of carbonyl (C=O) groups is 2. The summed E-state index contributed by atoms with van der Waals surface area (Å²) < 4.78 is 30.8. The maximum absolute atomic E-state index is 11.9. The maximum atomic E-state index is 11.9. The summed E-state index contributed by atoms with van der Waals surface area (Å²) in [6, 6.07) is 6.31. The molecule has 0 saturated carbocycles. The largest absolute Gasteiger partial charge is 0.450 e. The number of rotatable bonds is 7. The molecule has 0 saturated heterocycles. The minimum Gasteiger partial charge on any atom is -0.450 e. The number of benzene rings is 1. The van der Waals surface area contributed by atoms with Crippen molar-refractivity contribution in [3.05, 3.63) is 24.3 Å². The molecule has 0 fully saturated rings. The lowest BCUT2D eigenvalue weighted by molar-refractivity contribution is -0.114. The minimum atomic E-state index is -3.62. The number of sulfonamides is 1. The third kappa shape index (κ3) is 6.93. The normalized spacial score (nSPS) is 10.6. The summed E-state index contributed by atoms with van der Waals surface area (Å²) in [6.07, 6.45) is -0.662. The average molecular weight is 329 g/mol. The van der Waals surface area contributed by atoms with Gasteiger partial charge in [-0.15, -0.1) is 0 Å². The quantitative estimate of drug-likeness (QED) is 0.694. The molecule has 1 aromatic carbocycles. The number of amides is 2. The number of hydrogen-bond acceptors (Lipinski definition) is 5. The van der Waals surface area contributed by atoms with Gasteiger partial charge in [0.2, 0.25) is 15.9 Å². The lowest BCUT2D eigenvalue weighted by atomic mass is 10.3. The van der Waals surface area contributed by atoms with Gasteiger partial charge in [-0.05, 0) is 25.1 Å². The highest BCUT2D eigenvalue weighted by molar-refractivity contribution is 7.92. The Balaban J connectivity index is 2.57. The lowest BCUT2D eigenvalue weighted by Crippen LogP contribution is -2.31. The first-order valence-electron chi connectivity index (χ1n) is 6.61. The van der Waals surface area contributed by atoms with Crippen LogP contribution in [0.15, 0.2) is 24.3 Å². The van der Waals surface area contributed by atoms with Crippen LogP contribution in [0.5, 0.6) is 0 Å². The molecule has 0 spiro atoms. The summed E-state index contributed by atoms with van der Waals surface area (Å²) in [4.78, 5) is 22.0. The summed E-state index contributed by atoms with van der Waals surface area (Å²) in [5, 5.41) is 4.88. The highest BCUT2D eigenvalue weighted by atomic mass is 32.2. The van der Waals surface area contributed by atoms with Gasteiger partial charge in [-0.25, -0.2) is 13.2 Å². The Labute approximate surface area is 129 Å². The van der Waals surface area contributed by atoms with Gasteiger partial charge in [0.15, 0.2) is 0 Å². The van der Waals surface area contributed by atoms with E-state index in [0.29, 0.717) is 11.4 Å². The number of alkyl carbamates (subject to hydrolysis) is 1. The fraction of sp³-hybridized carbons (Fsp3) is 0.385. The monoisotopic (exact) mass is 329 g/mol. The Morgan fingerprint density at radius 2 is 1.91 bits per heavy atom. The van der Waals surface area contributed by atoms with E-state index in [0.717, 1.165) is 0 Å². The van der Waals surface area contributed by atoms with Gasteiger partial charge in [0.05, 0.1) is 18.0 Å². The molecule has 0 aliphatic carbocycles.